The summed E-state index contributed by atoms with van der Waals surface area (Å²) < 4.78 is 62.6. The molecule has 0 aliphatic carbocycles. The van der Waals surface area contributed by atoms with Crippen LogP contribution in [0.1, 0.15) is 24.0 Å². The van der Waals surface area contributed by atoms with Crippen molar-refractivity contribution in [2.75, 3.05) is 40.0 Å². The van der Waals surface area contributed by atoms with E-state index in [1.54, 1.807) is 7.05 Å². The number of hydrogen-bond donors (Lipinski definition) is 1. The van der Waals surface area contributed by atoms with E-state index in [-0.39, 0.29) is 0 Å². The minimum absolute atomic E-state index is 0.342. The summed E-state index contributed by atoms with van der Waals surface area (Å²) >= 11 is 0. The SMILES string of the molecule is CN=C(NCC1CCN(S(C)(=O)=O)CC1)N(C)Cc1ccc(C(F)(F)F)cc1. The van der Waals surface area contributed by atoms with Crippen LogP contribution >= 0.6 is 0 Å². The molecule has 1 aromatic carbocycles. The highest BCUT2D eigenvalue weighted by atomic mass is 32.2. The standard InChI is InChI=1S/C18H27F3N4O2S/c1-22-17(23-12-14-8-10-25(11-9-14)28(3,26)27)24(2)13-15-4-6-16(7-5-15)18(19,20)21/h4-7,14H,8-13H2,1-3H3,(H,22,23). The van der Waals surface area contributed by atoms with Gasteiger partial charge >= 0.3 is 6.18 Å². The van der Waals surface area contributed by atoms with Crippen molar-refractivity contribution in [3.8, 4) is 0 Å². The molecule has 1 saturated heterocycles. The summed E-state index contributed by atoms with van der Waals surface area (Å²) in [5.41, 5.74) is 0.0850. The average molecular weight is 421 g/mol. The fourth-order valence-electron chi connectivity index (χ4n) is 3.21. The molecule has 6 nitrogen and oxygen atoms in total. The first-order valence-electron chi connectivity index (χ1n) is 9.03. The van der Waals surface area contributed by atoms with Gasteiger partial charge in [0, 0.05) is 40.3 Å². The van der Waals surface area contributed by atoms with Crippen molar-refractivity contribution in [2.45, 2.75) is 25.6 Å². The summed E-state index contributed by atoms with van der Waals surface area (Å²) in [6.07, 6.45) is -1.56. The molecule has 0 amide bonds. The van der Waals surface area contributed by atoms with Gasteiger partial charge in [-0.3, -0.25) is 4.99 Å². The molecule has 158 valence electrons. The van der Waals surface area contributed by atoms with Crippen LogP contribution in [0.5, 0.6) is 0 Å². The zero-order chi connectivity index (χ0) is 20.9. The van der Waals surface area contributed by atoms with Crippen molar-refractivity contribution in [3.63, 3.8) is 0 Å². The minimum atomic E-state index is -4.34. The molecular formula is C18H27F3N4O2S. The monoisotopic (exact) mass is 420 g/mol. The lowest BCUT2D eigenvalue weighted by Gasteiger charge is -2.31. The Morgan fingerprint density at radius 1 is 1.25 bits per heavy atom. The molecule has 1 aromatic rings. The van der Waals surface area contributed by atoms with Gasteiger partial charge in [-0.05, 0) is 36.5 Å². The fraction of sp³-hybridized carbons (Fsp3) is 0.611. The maximum absolute atomic E-state index is 12.7. The molecule has 0 atom stereocenters. The third kappa shape index (κ3) is 6.37. The Kier molecular flexibility index (Phi) is 7.33. The van der Waals surface area contributed by atoms with Crippen molar-refractivity contribution in [1.82, 2.24) is 14.5 Å². The van der Waals surface area contributed by atoms with Crippen molar-refractivity contribution in [2.24, 2.45) is 10.9 Å². The molecule has 1 heterocycles. The molecule has 1 aliphatic rings. The number of rotatable bonds is 5. The van der Waals surface area contributed by atoms with Crippen LogP contribution in [0.4, 0.5) is 13.2 Å². The van der Waals surface area contributed by atoms with E-state index in [1.807, 2.05) is 11.9 Å². The van der Waals surface area contributed by atoms with Gasteiger partial charge in [0.05, 0.1) is 11.8 Å². The molecule has 1 N–H and O–H groups in total. The van der Waals surface area contributed by atoms with Gasteiger partial charge in [-0.15, -0.1) is 0 Å². The van der Waals surface area contributed by atoms with Crippen LogP contribution in [0.15, 0.2) is 29.3 Å². The Bertz CT molecular complexity index is 771. The van der Waals surface area contributed by atoms with E-state index in [0.29, 0.717) is 38.1 Å². The molecule has 1 fully saturated rings. The van der Waals surface area contributed by atoms with Crippen LogP contribution in [0.3, 0.4) is 0 Å². The van der Waals surface area contributed by atoms with E-state index in [9.17, 15) is 21.6 Å². The van der Waals surface area contributed by atoms with Crippen LogP contribution in [0.2, 0.25) is 0 Å². The van der Waals surface area contributed by atoms with E-state index < -0.39 is 21.8 Å². The van der Waals surface area contributed by atoms with Crippen molar-refractivity contribution in [1.29, 1.82) is 0 Å². The second-order valence-corrected chi connectivity index (χ2v) is 9.07. The lowest BCUT2D eigenvalue weighted by atomic mass is 9.98. The molecule has 0 saturated carbocycles. The van der Waals surface area contributed by atoms with E-state index in [2.05, 4.69) is 10.3 Å². The molecule has 10 heteroatoms. The number of hydrogen-bond acceptors (Lipinski definition) is 3. The van der Waals surface area contributed by atoms with Crippen molar-refractivity contribution < 1.29 is 21.6 Å². The van der Waals surface area contributed by atoms with E-state index >= 15 is 0 Å². The van der Waals surface area contributed by atoms with Crippen molar-refractivity contribution >= 4 is 16.0 Å². The zero-order valence-electron chi connectivity index (χ0n) is 16.3. The number of nitrogens with zero attached hydrogens (tertiary/aromatic N) is 3. The highest BCUT2D eigenvalue weighted by Gasteiger charge is 2.30. The summed E-state index contributed by atoms with van der Waals surface area (Å²) in [7, 11) is 0.334. The normalized spacial score (nSPS) is 17.6. The van der Waals surface area contributed by atoms with Gasteiger partial charge in [0.1, 0.15) is 0 Å². The Morgan fingerprint density at radius 3 is 2.29 bits per heavy atom. The van der Waals surface area contributed by atoms with Gasteiger partial charge in [-0.25, -0.2) is 12.7 Å². The molecular weight excluding hydrogens is 393 g/mol. The van der Waals surface area contributed by atoms with Crippen LogP contribution in [0, 0.1) is 5.92 Å². The predicted octanol–water partition coefficient (Wildman–Crippen LogP) is 2.38. The molecule has 2 rings (SSSR count). The number of benzene rings is 1. The Morgan fingerprint density at radius 2 is 1.82 bits per heavy atom. The number of sulfonamides is 1. The maximum atomic E-state index is 12.7. The van der Waals surface area contributed by atoms with Crippen molar-refractivity contribution in [3.05, 3.63) is 35.4 Å². The van der Waals surface area contributed by atoms with Gasteiger partial charge in [0.25, 0.3) is 0 Å². The fourth-order valence-corrected chi connectivity index (χ4v) is 4.09. The summed E-state index contributed by atoms with van der Waals surface area (Å²) in [6, 6.07) is 5.09. The van der Waals surface area contributed by atoms with Gasteiger partial charge < -0.3 is 10.2 Å². The second-order valence-electron chi connectivity index (χ2n) is 7.08. The first-order chi connectivity index (χ1) is 13.0. The zero-order valence-corrected chi connectivity index (χ0v) is 17.1. The van der Waals surface area contributed by atoms with Gasteiger partial charge in [0.15, 0.2) is 5.96 Å². The Balaban J connectivity index is 1.85. The van der Waals surface area contributed by atoms with Crippen LogP contribution < -0.4 is 5.32 Å². The Labute approximate surface area is 164 Å². The molecule has 28 heavy (non-hydrogen) atoms. The van der Waals surface area contributed by atoms with E-state index in [0.717, 1.165) is 30.5 Å². The van der Waals surface area contributed by atoms with Gasteiger partial charge in [-0.1, -0.05) is 12.1 Å². The molecule has 0 aromatic heterocycles. The highest BCUT2D eigenvalue weighted by Crippen LogP contribution is 2.29. The smallest absolute Gasteiger partial charge is 0.356 e. The Hall–Kier alpha value is -1.81. The van der Waals surface area contributed by atoms with E-state index in [4.69, 9.17) is 0 Å². The largest absolute Gasteiger partial charge is 0.416 e. The predicted molar refractivity (Wildman–Crippen MR) is 103 cm³/mol. The molecule has 0 unspecified atom stereocenters. The summed E-state index contributed by atoms with van der Waals surface area (Å²) in [6.45, 7) is 2.13. The van der Waals surface area contributed by atoms with Gasteiger partial charge in [-0.2, -0.15) is 13.2 Å². The third-order valence-electron chi connectivity index (χ3n) is 4.87. The average Bonchev–Trinajstić information content (AvgIpc) is 2.61. The number of nitrogens with one attached hydrogen (secondary N) is 1. The lowest BCUT2D eigenvalue weighted by Crippen LogP contribution is -2.44. The summed E-state index contributed by atoms with van der Waals surface area (Å²) in [5.74, 6) is 0.986. The third-order valence-corrected chi connectivity index (χ3v) is 6.17. The summed E-state index contributed by atoms with van der Waals surface area (Å²) in [4.78, 5) is 6.07. The number of aliphatic imine (C=N–C) groups is 1. The molecule has 1 aliphatic heterocycles. The van der Waals surface area contributed by atoms with Crippen LogP contribution in [-0.2, 0) is 22.7 Å². The van der Waals surface area contributed by atoms with E-state index in [1.165, 1.54) is 22.7 Å². The van der Waals surface area contributed by atoms with Crippen LogP contribution in [0.25, 0.3) is 0 Å². The van der Waals surface area contributed by atoms with Crippen LogP contribution in [-0.4, -0.2) is 63.6 Å². The minimum Gasteiger partial charge on any atom is -0.356 e. The van der Waals surface area contributed by atoms with Gasteiger partial charge in [0.2, 0.25) is 10.0 Å². The molecule has 0 spiro atoms. The summed E-state index contributed by atoms with van der Waals surface area (Å²) in [5, 5.41) is 3.28. The topological polar surface area (TPSA) is 65.0 Å². The lowest BCUT2D eigenvalue weighted by molar-refractivity contribution is -0.137. The molecule has 0 bridgehead atoms. The second kappa shape index (κ2) is 9.13. The number of piperidine rings is 1. The maximum Gasteiger partial charge on any atom is 0.416 e. The quantitative estimate of drug-likeness (QED) is 0.587. The highest BCUT2D eigenvalue weighted by molar-refractivity contribution is 7.88. The number of guanidine groups is 1. The molecule has 0 radical (unpaired) electrons. The first kappa shape index (κ1) is 22.5. The number of alkyl halides is 3. The first-order valence-corrected chi connectivity index (χ1v) is 10.9. The number of halogens is 3.